The first-order chi connectivity index (χ1) is 8.74. The molecule has 1 heterocycles. The van der Waals surface area contributed by atoms with E-state index in [-0.39, 0.29) is 12.7 Å². The van der Waals surface area contributed by atoms with Gasteiger partial charge in [0.2, 0.25) is 6.79 Å². The standard InChI is InChI=1S/C14H17NO3/c1-9-3-2-4-11(9)15-14(16)10-5-6-12-13(7-10)18-8-17-12/h5-7,9,11H,2-4,8H2,1H3,(H,15,16)/t9-,11-/m0/s1. The molecular formula is C14H17NO3. The van der Waals surface area contributed by atoms with Crippen molar-refractivity contribution in [1.82, 2.24) is 5.32 Å². The number of hydrogen-bond acceptors (Lipinski definition) is 3. The molecule has 0 bridgehead atoms. The van der Waals surface area contributed by atoms with E-state index in [0.29, 0.717) is 29.0 Å². The Balaban J connectivity index is 1.72. The van der Waals surface area contributed by atoms with Crippen LogP contribution in [0.25, 0.3) is 0 Å². The van der Waals surface area contributed by atoms with Crippen LogP contribution in [0.2, 0.25) is 0 Å². The third kappa shape index (κ3) is 2.03. The first kappa shape index (κ1) is 11.4. The Kier molecular flexibility index (Phi) is 2.86. The lowest BCUT2D eigenvalue weighted by atomic mass is 10.1. The Morgan fingerprint density at radius 2 is 2.11 bits per heavy atom. The molecule has 1 fully saturated rings. The average molecular weight is 247 g/mol. The van der Waals surface area contributed by atoms with E-state index >= 15 is 0 Å². The van der Waals surface area contributed by atoms with Crippen molar-refractivity contribution in [2.75, 3.05) is 6.79 Å². The SMILES string of the molecule is C[C@H]1CCC[C@@H]1NC(=O)c1ccc2c(c1)OCO2. The van der Waals surface area contributed by atoms with E-state index in [1.54, 1.807) is 18.2 Å². The number of hydrogen-bond donors (Lipinski definition) is 1. The van der Waals surface area contributed by atoms with Crippen molar-refractivity contribution >= 4 is 5.91 Å². The van der Waals surface area contributed by atoms with E-state index < -0.39 is 0 Å². The van der Waals surface area contributed by atoms with Crippen molar-refractivity contribution in [3.8, 4) is 11.5 Å². The summed E-state index contributed by atoms with van der Waals surface area (Å²) >= 11 is 0. The summed E-state index contributed by atoms with van der Waals surface area (Å²) in [4.78, 5) is 12.1. The van der Waals surface area contributed by atoms with Crippen LogP contribution in [0, 0.1) is 5.92 Å². The molecule has 4 nitrogen and oxygen atoms in total. The first-order valence-corrected chi connectivity index (χ1v) is 6.44. The van der Waals surface area contributed by atoms with Gasteiger partial charge in [0.25, 0.3) is 5.91 Å². The fourth-order valence-electron chi connectivity index (χ4n) is 2.65. The molecule has 0 saturated heterocycles. The van der Waals surface area contributed by atoms with Gasteiger partial charge in [0.05, 0.1) is 0 Å². The van der Waals surface area contributed by atoms with Crippen molar-refractivity contribution in [2.45, 2.75) is 32.2 Å². The van der Waals surface area contributed by atoms with Gasteiger partial charge >= 0.3 is 0 Å². The normalized spacial score (nSPS) is 25.2. The number of ether oxygens (including phenoxy) is 2. The highest BCUT2D eigenvalue weighted by Gasteiger charge is 2.25. The molecule has 18 heavy (non-hydrogen) atoms. The fourth-order valence-corrected chi connectivity index (χ4v) is 2.65. The second-order valence-electron chi connectivity index (χ2n) is 5.06. The molecule has 0 aromatic heterocycles. The number of carbonyl (C=O) groups is 1. The Morgan fingerprint density at radius 3 is 2.89 bits per heavy atom. The summed E-state index contributed by atoms with van der Waals surface area (Å²) < 4.78 is 10.5. The molecule has 1 N–H and O–H groups in total. The second-order valence-corrected chi connectivity index (χ2v) is 5.06. The smallest absolute Gasteiger partial charge is 0.251 e. The highest BCUT2D eigenvalue weighted by Crippen LogP contribution is 2.32. The molecule has 0 spiro atoms. The third-order valence-electron chi connectivity index (χ3n) is 3.81. The van der Waals surface area contributed by atoms with Crippen LogP contribution < -0.4 is 14.8 Å². The summed E-state index contributed by atoms with van der Waals surface area (Å²) in [6.07, 6.45) is 3.48. The number of carbonyl (C=O) groups excluding carboxylic acids is 1. The Bertz CT molecular complexity index is 472. The summed E-state index contributed by atoms with van der Waals surface area (Å²) in [6, 6.07) is 5.62. The van der Waals surface area contributed by atoms with Crippen LogP contribution in [0.1, 0.15) is 36.5 Å². The molecular weight excluding hydrogens is 230 g/mol. The minimum absolute atomic E-state index is 0.0212. The van der Waals surface area contributed by atoms with Gasteiger partial charge in [-0.25, -0.2) is 0 Å². The molecule has 1 aromatic rings. The minimum atomic E-state index is -0.0212. The van der Waals surface area contributed by atoms with E-state index in [2.05, 4.69) is 12.2 Å². The lowest BCUT2D eigenvalue weighted by Crippen LogP contribution is -2.36. The van der Waals surface area contributed by atoms with E-state index in [9.17, 15) is 4.79 Å². The molecule has 0 unspecified atom stereocenters. The third-order valence-corrected chi connectivity index (χ3v) is 3.81. The molecule has 3 rings (SSSR count). The number of fused-ring (bicyclic) bond motifs is 1. The van der Waals surface area contributed by atoms with Gasteiger partial charge in [0, 0.05) is 11.6 Å². The molecule has 1 aliphatic heterocycles. The van der Waals surface area contributed by atoms with Crippen molar-refractivity contribution < 1.29 is 14.3 Å². The van der Waals surface area contributed by atoms with Gasteiger partial charge in [0.15, 0.2) is 11.5 Å². The lowest BCUT2D eigenvalue weighted by molar-refractivity contribution is 0.0929. The number of rotatable bonds is 2. The van der Waals surface area contributed by atoms with Crippen molar-refractivity contribution in [2.24, 2.45) is 5.92 Å². The number of nitrogens with one attached hydrogen (secondary N) is 1. The molecule has 0 radical (unpaired) electrons. The predicted octanol–water partition coefficient (Wildman–Crippen LogP) is 2.33. The van der Waals surface area contributed by atoms with E-state index in [1.807, 2.05) is 0 Å². The average Bonchev–Trinajstić information content (AvgIpc) is 2.98. The maximum absolute atomic E-state index is 12.1. The maximum atomic E-state index is 12.1. The zero-order valence-electron chi connectivity index (χ0n) is 10.4. The summed E-state index contributed by atoms with van der Waals surface area (Å²) in [5.74, 6) is 1.91. The second kappa shape index (κ2) is 4.52. The fraction of sp³-hybridized carbons (Fsp3) is 0.500. The highest BCUT2D eigenvalue weighted by molar-refractivity contribution is 5.95. The minimum Gasteiger partial charge on any atom is -0.454 e. The van der Waals surface area contributed by atoms with Crippen LogP contribution in [0.3, 0.4) is 0 Å². The Morgan fingerprint density at radius 1 is 1.28 bits per heavy atom. The molecule has 4 heteroatoms. The zero-order chi connectivity index (χ0) is 12.5. The first-order valence-electron chi connectivity index (χ1n) is 6.44. The zero-order valence-corrected chi connectivity index (χ0v) is 10.4. The van der Waals surface area contributed by atoms with E-state index in [1.165, 1.54) is 12.8 Å². The molecule has 1 aliphatic carbocycles. The van der Waals surface area contributed by atoms with Crippen molar-refractivity contribution in [3.05, 3.63) is 23.8 Å². The molecule has 2 aliphatic rings. The quantitative estimate of drug-likeness (QED) is 0.872. The van der Waals surface area contributed by atoms with Crippen LogP contribution in [-0.2, 0) is 0 Å². The van der Waals surface area contributed by atoms with Crippen LogP contribution in [0.15, 0.2) is 18.2 Å². The van der Waals surface area contributed by atoms with Gasteiger partial charge in [0.1, 0.15) is 0 Å². The molecule has 2 atom stereocenters. The van der Waals surface area contributed by atoms with Gasteiger partial charge in [-0.1, -0.05) is 13.3 Å². The highest BCUT2D eigenvalue weighted by atomic mass is 16.7. The van der Waals surface area contributed by atoms with Gasteiger partial charge in [-0.2, -0.15) is 0 Å². The van der Waals surface area contributed by atoms with Crippen LogP contribution in [0.5, 0.6) is 11.5 Å². The summed E-state index contributed by atoms with van der Waals surface area (Å²) in [5, 5.41) is 3.10. The van der Waals surface area contributed by atoms with Gasteiger partial charge in [-0.05, 0) is 37.0 Å². The number of benzene rings is 1. The molecule has 1 amide bonds. The maximum Gasteiger partial charge on any atom is 0.251 e. The van der Waals surface area contributed by atoms with Crippen molar-refractivity contribution in [1.29, 1.82) is 0 Å². The monoisotopic (exact) mass is 247 g/mol. The topological polar surface area (TPSA) is 47.6 Å². The van der Waals surface area contributed by atoms with Crippen molar-refractivity contribution in [3.63, 3.8) is 0 Å². The number of amides is 1. The van der Waals surface area contributed by atoms with Gasteiger partial charge < -0.3 is 14.8 Å². The van der Waals surface area contributed by atoms with Gasteiger partial charge in [-0.15, -0.1) is 0 Å². The predicted molar refractivity (Wildman–Crippen MR) is 66.8 cm³/mol. The largest absolute Gasteiger partial charge is 0.454 e. The lowest BCUT2D eigenvalue weighted by Gasteiger charge is -2.17. The van der Waals surface area contributed by atoms with Crippen LogP contribution in [-0.4, -0.2) is 18.7 Å². The Labute approximate surface area is 106 Å². The molecule has 1 aromatic carbocycles. The van der Waals surface area contributed by atoms with Gasteiger partial charge in [-0.3, -0.25) is 4.79 Å². The Hall–Kier alpha value is -1.71. The summed E-state index contributed by atoms with van der Waals surface area (Å²) in [5.41, 5.74) is 0.637. The molecule has 1 saturated carbocycles. The van der Waals surface area contributed by atoms with E-state index in [4.69, 9.17) is 9.47 Å². The van der Waals surface area contributed by atoms with Crippen LogP contribution in [0.4, 0.5) is 0 Å². The summed E-state index contributed by atoms with van der Waals surface area (Å²) in [7, 11) is 0. The molecule has 96 valence electrons. The van der Waals surface area contributed by atoms with Crippen LogP contribution >= 0.6 is 0 Å². The summed E-state index contributed by atoms with van der Waals surface area (Å²) in [6.45, 7) is 2.43. The van der Waals surface area contributed by atoms with E-state index in [0.717, 1.165) is 6.42 Å².